The normalized spacial score (nSPS) is 16.2. The van der Waals surface area contributed by atoms with Crippen LogP contribution in [0.1, 0.15) is 16.1 Å². The number of hydrogen-bond donors (Lipinski definition) is 2. The number of morpholine rings is 1. The van der Waals surface area contributed by atoms with E-state index in [1.165, 1.54) is 0 Å². The van der Waals surface area contributed by atoms with Crippen molar-refractivity contribution in [3.05, 3.63) is 39.7 Å². The van der Waals surface area contributed by atoms with Crippen molar-refractivity contribution in [2.24, 2.45) is 5.73 Å². The standard InChI is InChI=1S/C14H16N4O3/c15-14(20)12-13(19)10-7-9(1-2-11(10)16-17-12)8-18-3-5-21-6-4-18/h1-2,7H,3-6,8H2,(H2,15,20)(H,16,19). The van der Waals surface area contributed by atoms with E-state index in [4.69, 9.17) is 10.5 Å². The van der Waals surface area contributed by atoms with Crippen molar-refractivity contribution in [1.82, 2.24) is 15.1 Å². The van der Waals surface area contributed by atoms with E-state index < -0.39 is 11.3 Å². The van der Waals surface area contributed by atoms with Crippen LogP contribution in [0.5, 0.6) is 0 Å². The Morgan fingerprint density at radius 2 is 2.14 bits per heavy atom. The fourth-order valence-corrected chi connectivity index (χ4v) is 2.45. The minimum absolute atomic E-state index is 0.258. The van der Waals surface area contributed by atoms with Gasteiger partial charge in [-0.1, -0.05) is 6.07 Å². The number of nitrogens with zero attached hydrogens (tertiary/aromatic N) is 2. The van der Waals surface area contributed by atoms with Crippen LogP contribution in [0, 0.1) is 0 Å². The Morgan fingerprint density at radius 3 is 2.86 bits per heavy atom. The maximum absolute atomic E-state index is 12.2. The van der Waals surface area contributed by atoms with E-state index in [1.807, 2.05) is 6.07 Å². The predicted molar refractivity (Wildman–Crippen MR) is 77.0 cm³/mol. The number of aromatic nitrogens is 2. The number of amides is 1. The van der Waals surface area contributed by atoms with E-state index in [2.05, 4.69) is 15.1 Å². The molecule has 21 heavy (non-hydrogen) atoms. The molecule has 0 spiro atoms. The molecule has 1 aromatic carbocycles. The molecule has 2 heterocycles. The van der Waals surface area contributed by atoms with Gasteiger partial charge < -0.3 is 10.5 Å². The first-order valence-electron chi connectivity index (χ1n) is 6.76. The Bertz CT molecular complexity index is 735. The highest BCUT2D eigenvalue weighted by Crippen LogP contribution is 2.13. The lowest BCUT2D eigenvalue weighted by Crippen LogP contribution is -2.35. The summed E-state index contributed by atoms with van der Waals surface area (Å²) < 4.78 is 5.31. The summed E-state index contributed by atoms with van der Waals surface area (Å²) in [6.45, 7) is 3.94. The first-order chi connectivity index (χ1) is 10.1. The van der Waals surface area contributed by atoms with Crippen LogP contribution in [-0.2, 0) is 11.3 Å². The van der Waals surface area contributed by atoms with Crippen LogP contribution >= 0.6 is 0 Å². The lowest BCUT2D eigenvalue weighted by Gasteiger charge is -2.26. The molecule has 0 aliphatic carbocycles. The molecule has 110 valence electrons. The van der Waals surface area contributed by atoms with E-state index in [0.717, 1.165) is 38.4 Å². The zero-order valence-electron chi connectivity index (χ0n) is 11.5. The van der Waals surface area contributed by atoms with Gasteiger partial charge in [-0.05, 0) is 17.7 Å². The molecule has 0 atom stereocenters. The van der Waals surface area contributed by atoms with Gasteiger partial charge in [0.2, 0.25) is 5.43 Å². The number of benzene rings is 1. The Kier molecular flexibility index (Phi) is 3.68. The Balaban J connectivity index is 1.96. The molecule has 3 N–H and O–H groups in total. The monoisotopic (exact) mass is 288 g/mol. The lowest BCUT2D eigenvalue weighted by molar-refractivity contribution is 0.0342. The molecule has 3 rings (SSSR count). The highest BCUT2D eigenvalue weighted by atomic mass is 16.5. The number of hydrogen-bond acceptors (Lipinski definition) is 5. The second kappa shape index (κ2) is 5.63. The van der Waals surface area contributed by atoms with Gasteiger partial charge in [0.25, 0.3) is 5.91 Å². The van der Waals surface area contributed by atoms with Crippen LogP contribution in [0.4, 0.5) is 0 Å². The maximum atomic E-state index is 12.2. The summed E-state index contributed by atoms with van der Waals surface area (Å²) >= 11 is 0. The molecule has 0 radical (unpaired) electrons. The number of carbonyl (C=O) groups is 1. The summed E-state index contributed by atoms with van der Waals surface area (Å²) in [5, 5.41) is 6.84. The van der Waals surface area contributed by atoms with Crippen molar-refractivity contribution in [2.75, 3.05) is 26.3 Å². The average molecular weight is 288 g/mol. The SMILES string of the molecule is NC(=O)c1n[nH]c2ccc(CN3CCOCC3)cc2c1=O. The third kappa shape index (κ3) is 2.79. The first kappa shape index (κ1) is 13.7. The van der Waals surface area contributed by atoms with Crippen LogP contribution in [-0.4, -0.2) is 47.3 Å². The molecule has 1 amide bonds. The molecule has 0 saturated carbocycles. The van der Waals surface area contributed by atoms with Gasteiger partial charge in [0.05, 0.1) is 18.7 Å². The molecule has 0 bridgehead atoms. The van der Waals surface area contributed by atoms with Gasteiger partial charge in [-0.3, -0.25) is 19.6 Å². The molecule has 1 aliphatic rings. The number of primary amides is 1. The summed E-state index contributed by atoms with van der Waals surface area (Å²) in [4.78, 5) is 25.6. The molecular formula is C14H16N4O3. The van der Waals surface area contributed by atoms with Gasteiger partial charge in [0.1, 0.15) is 0 Å². The smallest absolute Gasteiger partial charge is 0.273 e. The number of fused-ring (bicyclic) bond motifs is 1. The zero-order valence-corrected chi connectivity index (χ0v) is 11.5. The number of rotatable bonds is 3. The Morgan fingerprint density at radius 1 is 1.38 bits per heavy atom. The average Bonchev–Trinajstić information content (AvgIpc) is 2.49. The van der Waals surface area contributed by atoms with Gasteiger partial charge in [0, 0.05) is 25.0 Å². The molecule has 1 aliphatic heterocycles. The summed E-state index contributed by atoms with van der Waals surface area (Å²) in [5.41, 5.74) is 6.06. The summed E-state index contributed by atoms with van der Waals surface area (Å²) in [7, 11) is 0. The van der Waals surface area contributed by atoms with E-state index in [-0.39, 0.29) is 5.69 Å². The summed E-state index contributed by atoms with van der Waals surface area (Å²) in [6, 6.07) is 5.53. The molecule has 2 aromatic rings. The van der Waals surface area contributed by atoms with Crippen LogP contribution in [0.15, 0.2) is 23.0 Å². The molecule has 1 saturated heterocycles. The summed E-state index contributed by atoms with van der Waals surface area (Å²) in [5.74, 6) is -0.822. The quantitative estimate of drug-likeness (QED) is 0.818. The van der Waals surface area contributed by atoms with Gasteiger partial charge >= 0.3 is 0 Å². The number of nitrogens with one attached hydrogen (secondary N) is 1. The number of nitrogens with two attached hydrogens (primary N) is 1. The van der Waals surface area contributed by atoms with Crippen LogP contribution in [0.25, 0.3) is 10.9 Å². The van der Waals surface area contributed by atoms with Crippen molar-refractivity contribution in [3.8, 4) is 0 Å². The van der Waals surface area contributed by atoms with Crippen molar-refractivity contribution >= 4 is 16.8 Å². The molecule has 1 fully saturated rings. The van der Waals surface area contributed by atoms with Crippen molar-refractivity contribution in [3.63, 3.8) is 0 Å². The second-order valence-electron chi connectivity index (χ2n) is 5.03. The number of H-pyrrole nitrogens is 1. The van der Waals surface area contributed by atoms with E-state index >= 15 is 0 Å². The Labute approximate surface area is 120 Å². The largest absolute Gasteiger partial charge is 0.379 e. The van der Waals surface area contributed by atoms with Crippen molar-refractivity contribution in [1.29, 1.82) is 0 Å². The first-order valence-corrected chi connectivity index (χ1v) is 6.76. The highest BCUT2D eigenvalue weighted by molar-refractivity contribution is 5.94. The topological polar surface area (TPSA) is 101 Å². The third-order valence-electron chi connectivity index (χ3n) is 3.58. The van der Waals surface area contributed by atoms with Crippen LogP contribution in [0.2, 0.25) is 0 Å². The van der Waals surface area contributed by atoms with Crippen LogP contribution < -0.4 is 11.2 Å². The van der Waals surface area contributed by atoms with Crippen molar-refractivity contribution in [2.45, 2.75) is 6.54 Å². The molecule has 0 unspecified atom stereocenters. The fraction of sp³-hybridized carbons (Fsp3) is 0.357. The van der Waals surface area contributed by atoms with Crippen LogP contribution in [0.3, 0.4) is 0 Å². The minimum Gasteiger partial charge on any atom is -0.379 e. The second-order valence-corrected chi connectivity index (χ2v) is 5.03. The number of aromatic amines is 1. The molecular weight excluding hydrogens is 272 g/mol. The zero-order chi connectivity index (χ0) is 14.8. The van der Waals surface area contributed by atoms with E-state index in [0.29, 0.717) is 10.9 Å². The lowest BCUT2D eigenvalue weighted by atomic mass is 10.1. The van der Waals surface area contributed by atoms with Gasteiger partial charge in [-0.15, -0.1) is 0 Å². The number of ether oxygens (including phenoxy) is 1. The minimum atomic E-state index is -0.822. The molecule has 7 heteroatoms. The summed E-state index contributed by atoms with van der Waals surface area (Å²) in [6.07, 6.45) is 0. The third-order valence-corrected chi connectivity index (χ3v) is 3.58. The van der Waals surface area contributed by atoms with Gasteiger partial charge in [-0.25, -0.2) is 0 Å². The molecule has 1 aromatic heterocycles. The highest BCUT2D eigenvalue weighted by Gasteiger charge is 2.14. The molecule has 7 nitrogen and oxygen atoms in total. The van der Waals surface area contributed by atoms with Gasteiger partial charge in [-0.2, -0.15) is 5.10 Å². The predicted octanol–water partition coefficient (Wildman–Crippen LogP) is -0.146. The Hall–Kier alpha value is -2.25. The maximum Gasteiger partial charge on any atom is 0.273 e. The number of carbonyl (C=O) groups excluding carboxylic acids is 1. The van der Waals surface area contributed by atoms with Gasteiger partial charge in [0.15, 0.2) is 5.69 Å². The van der Waals surface area contributed by atoms with E-state index in [1.54, 1.807) is 12.1 Å². The van der Waals surface area contributed by atoms with Crippen molar-refractivity contribution < 1.29 is 9.53 Å². The fourth-order valence-electron chi connectivity index (χ4n) is 2.45. The van der Waals surface area contributed by atoms with E-state index in [9.17, 15) is 9.59 Å².